The van der Waals surface area contributed by atoms with Crippen LogP contribution >= 0.6 is 11.6 Å². The monoisotopic (exact) mass is 215 g/mol. The fourth-order valence-electron chi connectivity index (χ4n) is 0.947. The molecular formula is C9H10ClNO3. The summed E-state index contributed by atoms with van der Waals surface area (Å²) < 4.78 is 4.97. The van der Waals surface area contributed by atoms with Crippen LogP contribution < -0.4 is 10.1 Å². The van der Waals surface area contributed by atoms with Crippen LogP contribution in [0.2, 0.25) is 5.02 Å². The third-order valence-corrected chi connectivity index (χ3v) is 1.91. The molecule has 0 spiro atoms. The van der Waals surface area contributed by atoms with Gasteiger partial charge in [-0.3, -0.25) is 4.79 Å². The van der Waals surface area contributed by atoms with Crippen molar-refractivity contribution in [2.75, 3.05) is 19.0 Å². The molecule has 2 N–H and O–H groups in total. The Labute approximate surface area is 86.4 Å². The first kappa shape index (κ1) is 10.7. The summed E-state index contributed by atoms with van der Waals surface area (Å²) in [5.41, 5.74) is 0.661. The second-order valence-corrected chi connectivity index (χ2v) is 3.00. The van der Waals surface area contributed by atoms with Gasteiger partial charge in [0.15, 0.2) is 0 Å². The number of ether oxygens (including phenoxy) is 1. The molecular weight excluding hydrogens is 206 g/mol. The van der Waals surface area contributed by atoms with E-state index in [1.54, 1.807) is 18.2 Å². The lowest BCUT2D eigenvalue weighted by Gasteiger charge is -2.07. The molecule has 1 aromatic carbocycles. The Balaban J connectivity index is 2.74. The highest BCUT2D eigenvalue weighted by Gasteiger charge is 2.02. The molecule has 0 saturated heterocycles. The van der Waals surface area contributed by atoms with Gasteiger partial charge in [-0.15, -0.1) is 0 Å². The summed E-state index contributed by atoms with van der Waals surface area (Å²) in [4.78, 5) is 10.3. The van der Waals surface area contributed by atoms with E-state index in [-0.39, 0.29) is 6.54 Å². The number of hydrogen-bond donors (Lipinski definition) is 2. The first-order chi connectivity index (χ1) is 6.63. The molecule has 0 amide bonds. The molecule has 0 unspecified atom stereocenters. The minimum Gasteiger partial charge on any atom is -0.495 e. The zero-order valence-electron chi connectivity index (χ0n) is 7.58. The average molecular weight is 216 g/mol. The molecule has 0 bridgehead atoms. The van der Waals surface area contributed by atoms with Crippen molar-refractivity contribution in [3.8, 4) is 5.75 Å². The maximum atomic E-state index is 10.3. The molecule has 76 valence electrons. The fraction of sp³-hybridized carbons (Fsp3) is 0.222. The van der Waals surface area contributed by atoms with Crippen molar-refractivity contribution in [3.05, 3.63) is 23.2 Å². The highest BCUT2D eigenvalue weighted by atomic mass is 35.5. The van der Waals surface area contributed by atoms with Gasteiger partial charge in [-0.2, -0.15) is 0 Å². The highest BCUT2D eigenvalue weighted by Crippen LogP contribution is 2.27. The summed E-state index contributed by atoms with van der Waals surface area (Å²) in [5, 5.41) is 11.6. The summed E-state index contributed by atoms with van der Waals surface area (Å²) in [6.45, 7) is -0.134. The number of hydrogen-bond acceptors (Lipinski definition) is 3. The second-order valence-electron chi connectivity index (χ2n) is 2.60. The maximum Gasteiger partial charge on any atom is 0.322 e. The van der Waals surface area contributed by atoms with Gasteiger partial charge >= 0.3 is 5.97 Å². The highest BCUT2D eigenvalue weighted by molar-refractivity contribution is 6.32. The lowest BCUT2D eigenvalue weighted by molar-refractivity contribution is -0.134. The van der Waals surface area contributed by atoms with E-state index in [2.05, 4.69) is 5.32 Å². The maximum absolute atomic E-state index is 10.3. The zero-order chi connectivity index (χ0) is 10.6. The number of benzene rings is 1. The Kier molecular flexibility index (Phi) is 3.59. The quantitative estimate of drug-likeness (QED) is 0.805. The van der Waals surface area contributed by atoms with E-state index < -0.39 is 5.97 Å². The predicted molar refractivity (Wildman–Crippen MR) is 54.1 cm³/mol. The van der Waals surface area contributed by atoms with E-state index in [0.717, 1.165) is 0 Å². The number of methoxy groups -OCH3 is 1. The first-order valence-electron chi connectivity index (χ1n) is 3.92. The van der Waals surface area contributed by atoms with Gasteiger partial charge in [0.05, 0.1) is 12.1 Å². The third kappa shape index (κ3) is 2.81. The summed E-state index contributed by atoms with van der Waals surface area (Å²) in [6.07, 6.45) is 0. The van der Waals surface area contributed by atoms with E-state index in [0.29, 0.717) is 16.5 Å². The fourth-order valence-corrected chi connectivity index (χ4v) is 1.14. The van der Waals surface area contributed by atoms with E-state index in [4.69, 9.17) is 21.4 Å². The standard InChI is InChI=1S/C9H10ClNO3/c1-14-8-4-6(2-3-7(8)10)11-5-9(12)13/h2-4,11H,5H2,1H3,(H,12,13). The van der Waals surface area contributed by atoms with Crippen LogP contribution in [0, 0.1) is 0 Å². The van der Waals surface area contributed by atoms with Crippen LogP contribution in [-0.4, -0.2) is 24.7 Å². The van der Waals surface area contributed by atoms with E-state index in [1.165, 1.54) is 7.11 Å². The van der Waals surface area contributed by atoms with Gasteiger partial charge in [0.25, 0.3) is 0 Å². The summed E-state index contributed by atoms with van der Waals surface area (Å²) in [6, 6.07) is 4.98. The van der Waals surface area contributed by atoms with Gasteiger partial charge in [-0.1, -0.05) is 11.6 Å². The molecule has 5 heteroatoms. The normalized spacial score (nSPS) is 9.57. The molecule has 0 aliphatic carbocycles. The van der Waals surface area contributed by atoms with Crippen molar-refractivity contribution >= 4 is 23.3 Å². The van der Waals surface area contributed by atoms with Crippen molar-refractivity contribution in [2.24, 2.45) is 0 Å². The van der Waals surface area contributed by atoms with Crippen molar-refractivity contribution in [3.63, 3.8) is 0 Å². The molecule has 0 atom stereocenters. The van der Waals surface area contributed by atoms with Gasteiger partial charge in [-0.05, 0) is 12.1 Å². The molecule has 0 fully saturated rings. The Hall–Kier alpha value is -1.42. The third-order valence-electron chi connectivity index (χ3n) is 1.59. The number of carboxylic acid groups (broad SMARTS) is 1. The van der Waals surface area contributed by atoms with Crippen molar-refractivity contribution < 1.29 is 14.6 Å². The average Bonchev–Trinajstić information content (AvgIpc) is 2.16. The predicted octanol–water partition coefficient (Wildman–Crippen LogP) is 1.85. The van der Waals surface area contributed by atoms with Crippen LogP contribution in [0.15, 0.2) is 18.2 Å². The van der Waals surface area contributed by atoms with E-state index in [1.807, 2.05) is 0 Å². The van der Waals surface area contributed by atoms with E-state index in [9.17, 15) is 4.79 Å². The van der Waals surface area contributed by atoms with Gasteiger partial charge in [-0.25, -0.2) is 0 Å². The summed E-state index contributed by atoms with van der Waals surface area (Å²) >= 11 is 5.79. The Morgan fingerprint density at radius 3 is 2.93 bits per heavy atom. The summed E-state index contributed by atoms with van der Waals surface area (Å²) in [7, 11) is 1.50. The van der Waals surface area contributed by atoms with Crippen LogP contribution in [0.1, 0.15) is 0 Å². The number of rotatable bonds is 4. The number of nitrogens with one attached hydrogen (secondary N) is 1. The van der Waals surface area contributed by atoms with Crippen LogP contribution in [0.3, 0.4) is 0 Å². The van der Waals surface area contributed by atoms with Crippen molar-refractivity contribution in [2.45, 2.75) is 0 Å². The molecule has 14 heavy (non-hydrogen) atoms. The van der Waals surface area contributed by atoms with Gasteiger partial charge in [0.2, 0.25) is 0 Å². The number of aliphatic carboxylic acids is 1. The Morgan fingerprint density at radius 2 is 2.36 bits per heavy atom. The zero-order valence-corrected chi connectivity index (χ0v) is 8.34. The van der Waals surface area contributed by atoms with E-state index >= 15 is 0 Å². The largest absolute Gasteiger partial charge is 0.495 e. The minimum atomic E-state index is -0.918. The van der Waals surface area contributed by atoms with Crippen LogP contribution in [0.25, 0.3) is 0 Å². The number of halogens is 1. The van der Waals surface area contributed by atoms with Gasteiger partial charge in [0.1, 0.15) is 12.3 Å². The van der Waals surface area contributed by atoms with Crippen LogP contribution in [-0.2, 0) is 4.79 Å². The van der Waals surface area contributed by atoms with Gasteiger partial charge < -0.3 is 15.2 Å². The lowest BCUT2D eigenvalue weighted by Crippen LogP contribution is -2.12. The van der Waals surface area contributed by atoms with Crippen LogP contribution in [0.4, 0.5) is 5.69 Å². The molecule has 0 heterocycles. The SMILES string of the molecule is COc1cc(NCC(=O)O)ccc1Cl. The second kappa shape index (κ2) is 4.72. The molecule has 0 aromatic heterocycles. The summed E-state index contributed by atoms with van der Waals surface area (Å²) in [5.74, 6) is -0.402. The smallest absolute Gasteiger partial charge is 0.322 e. The van der Waals surface area contributed by atoms with Crippen molar-refractivity contribution in [1.29, 1.82) is 0 Å². The van der Waals surface area contributed by atoms with Gasteiger partial charge in [0, 0.05) is 11.8 Å². The topological polar surface area (TPSA) is 58.6 Å². The number of carbonyl (C=O) groups is 1. The number of carboxylic acids is 1. The number of anilines is 1. The Morgan fingerprint density at radius 1 is 1.64 bits per heavy atom. The molecule has 0 radical (unpaired) electrons. The molecule has 0 aliphatic heterocycles. The first-order valence-corrected chi connectivity index (χ1v) is 4.30. The minimum absolute atomic E-state index is 0.134. The lowest BCUT2D eigenvalue weighted by atomic mass is 10.3. The molecule has 0 aliphatic rings. The van der Waals surface area contributed by atoms with Crippen LogP contribution in [0.5, 0.6) is 5.75 Å². The molecule has 1 rings (SSSR count). The molecule has 1 aromatic rings. The molecule has 0 saturated carbocycles. The van der Waals surface area contributed by atoms with Crippen molar-refractivity contribution in [1.82, 2.24) is 0 Å². The molecule has 4 nitrogen and oxygen atoms in total. The Bertz CT molecular complexity index is 341.